The molecule has 0 aliphatic heterocycles. The van der Waals surface area contributed by atoms with Crippen LogP contribution < -0.4 is 0 Å². The molecule has 3 aromatic rings. The Hall–Kier alpha value is -2.23. The number of fused-ring (bicyclic) bond motifs is 1. The fourth-order valence-corrected chi connectivity index (χ4v) is 2.60. The summed E-state index contributed by atoms with van der Waals surface area (Å²) in [6, 6.07) is 8.22. The Labute approximate surface area is 122 Å². The van der Waals surface area contributed by atoms with E-state index in [4.69, 9.17) is 0 Å². The van der Waals surface area contributed by atoms with Crippen molar-refractivity contribution in [2.45, 2.75) is 19.8 Å². The lowest BCUT2D eigenvalue weighted by Crippen LogP contribution is -1.93. The van der Waals surface area contributed by atoms with E-state index in [-0.39, 0.29) is 17.6 Å². The molecule has 0 N–H and O–H groups in total. The van der Waals surface area contributed by atoms with Crippen LogP contribution in [0.3, 0.4) is 0 Å². The zero-order valence-corrected chi connectivity index (χ0v) is 12.2. The third-order valence-electron chi connectivity index (χ3n) is 3.67. The molecule has 0 spiro atoms. The quantitative estimate of drug-likeness (QED) is 0.671. The molecule has 3 rings (SSSR count). The predicted octanol–water partition coefficient (Wildman–Crippen LogP) is 4.64. The highest BCUT2D eigenvalue weighted by Gasteiger charge is 2.13. The second-order valence-corrected chi connectivity index (χ2v) is 5.55. The minimum Gasteiger partial charge on any atom is -0.274 e. The van der Waals surface area contributed by atoms with Gasteiger partial charge in [0.2, 0.25) is 0 Å². The number of aromatic nitrogens is 2. The SMILES string of the molecule is CC(C)c1ccc(-c2ccc(F)c3nn(C)cc23)cc1F. The second-order valence-electron chi connectivity index (χ2n) is 5.55. The molecule has 0 atom stereocenters. The van der Waals surface area contributed by atoms with Crippen LogP contribution >= 0.6 is 0 Å². The van der Waals surface area contributed by atoms with Gasteiger partial charge < -0.3 is 0 Å². The van der Waals surface area contributed by atoms with Crippen molar-refractivity contribution in [3.8, 4) is 11.1 Å². The highest BCUT2D eigenvalue weighted by atomic mass is 19.1. The van der Waals surface area contributed by atoms with E-state index in [1.54, 1.807) is 30.1 Å². The Kier molecular flexibility index (Phi) is 3.24. The van der Waals surface area contributed by atoms with Crippen molar-refractivity contribution in [2.75, 3.05) is 0 Å². The van der Waals surface area contributed by atoms with Crippen molar-refractivity contribution in [1.82, 2.24) is 9.78 Å². The van der Waals surface area contributed by atoms with E-state index >= 15 is 0 Å². The van der Waals surface area contributed by atoms with Crippen LogP contribution in [-0.2, 0) is 7.05 Å². The number of nitrogens with zero attached hydrogens (tertiary/aromatic N) is 2. The molecule has 0 radical (unpaired) electrons. The minimum atomic E-state index is -0.367. The summed E-state index contributed by atoms with van der Waals surface area (Å²) in [5.41, 5.74) is 2.51. The van der Waals surface area contributed by atoms with Crippen molar-refractivity contribution in [3.63, 3.8) is 0 Å². The molecule has 0 aliphatic carbocycles. The van der Waals surface area contributed by atoms with Crippen molar-refractivity contribution in [2.24, 2.45) is 7.05 Å². The van der Waals surface area contributed by atoms with E-state index < -0.39 is 0 Å². The molecule has 21 heavy (non-hydrogen) atoms. The van der Waals surface area contributed by atoms with E-state index in [1.165, 1.54) is 12.1 Å². The van der Waals surface area contributed by atoms with Gasteiger partial charge in [-0.05, 0) is 34.7 Å². The third kappa shape index (κ3) is 2.31. The van der Waals surface area contributed by atoms with Gasteiger partial charge in [0.1, 0.15) is 11.3 Å². The van der Waals surface area contributed by atoms with Crippen LogP contribution in [0.4, 0.5) is 8.78 Å². The van der Waals surface area contributed by atoms with Gasteiger partial charge >= 0.3 is 0 Å². The molecule has 1 aromatic heterocycles. The number of halogens is 2. The third-order valence-corrected chi connectivity index (χ3v) is 3.67. The second kappa shape index (κ2) is 4.95. The molecular formula is C17H16F2N2. The average Bonchev–Trinajstić information content (AvgIpc) is 2.81. The molecule has 0 fully saturated rings. The normalized spacial score (nSPS) is 11.5. The Morgan fingerprint density at radius 1 is 1.05 bits per heavy atom. The van der Waals surface area contributed by atoms with E-state index in [0.29, 0.717) is 16.5 Å². The summed E-state index contributed by atoms with van der Waals surface area (Å²) >= 11 is 0. The van der Waals surface area contributed by atoms with Gasteiger partial charge in [-0.3, -0.25) is 4.68 Å². The van der Waals surface area contributed by atoms with Crippen molar-refractivity contribution < 1.29 is 8.78 Å². The molecule has 2 aromatic carbocycles. The smallest absolute Gasteiger partial charge is 0.151 e. The van der Waals surface area contributed by atoms with Crippen LogP contribution in [0.25, 0.3) is 22.0 Å². The van der Waals surface area contributed by atoms with E-state index in [1.807, 2.05) is 19.9 Å². The number of rotatable bonds is 2. The van der Waals surface area contributed by atoms with Crippen molar-refractivity contribution in [1.29, 1.82) is 0 Å². The molecule has 0 amide bonds. The van der Waals surface area contributed by atoms with Gasteiger partial charge in [0.25, 0.3) is 0 Å². The van der Waals surface area contributed by atoms with Gasteiger partial charge in [-0.1, -0.05) is 32.0 Å². The van der Waals surface area contributed by atoms with E-state index in [9.17, 15) is 8.78 Å². The summed E-state index contributed by atoms with van der Waals surface area (Å²) < 4.78 is 29.5. The molecule has 2 nitrogen and oxygen atoms in total. The first kappa shape index (κ1) is 13.7. The van der Waals surface area contributed by atoms with Crippen molar-refractivity contribution in [3.05, 3.63) is 53.7 Å². The lowest BCUT2D eigenvalue weighted by Gasteiger charge is -2.10. The standard InChI is InChI=1S/C17H16F2N2/c1-10(2)12-5-4-11(8-16(12)19)13-6-7-15(18)17-14(13)9-21(3)20-17/h4-10H,1-3H3. The van der Waals surface area contributed by atoms with Gasteiger partial charge in [0.05, 0.1) is 0 Å². The Bertz CT molecular complexity index is 819. The molecule has 0 unspecified atom stereocenters. The Balaban J connectivity index is 2.21. The van der Waals surface area contributed by atoms with Gasteiger partial charge in [-0.2, -0.15) is 5.10 Å². The first-order chi connectivity index (χ1) is 9.97. The lowest BCUT2D eigenvalue weighted by molar-refractivity contribution is 0.599. The van der Waals surface area contributed by atoms with Crippen LogP contribution in [0, 0.1) is 11.6 Å². The maximum Gasteiger partial charge on any atom is 0.151 e. The summed E-state index contributed by atoms with van der Waals surface area (Å²) in [5, 5.41) is 4.80. The minimum absolute atomic E-state index is 0.130. The van der Waals surface area contributed by atoms with Crippen LogP contribution in [0.2, 0.25) is 0 Å². The summed E-state index contributed by atoms with van der Waals surface area (Å²) in [4.78, 5) is 0. The monoisotopic (exact) mass is 286 g/mol. The number of hydrogen-bond acceptors (Lipinski definition) is 1. The molecule has 0 bridgehead atoms. The zero-order chi connectivity index (χ0) is 15.1. The predicted molar refractivity (Wildman–Crippen MR) is 80.2 cm³/mol. The number of aryl methyl sites for hydroxylation is 1. The Morgan fingerprint density at radius 2 is 1.81 bits per heavy atom. The molecule has 0 aliphatic rings. The van der Waals surface area contributed by atoms with Crippen LogP contribution in [0.15, 0.2) is 36.5 Å². The van der Waals surface area contributed by atoms with Crippen LogP contribution in [0.5, 0.6) is 0 Å². The van der Waals surface area contributed by atoms with Gasteiger partial charge in [0, 0.05) is 18.6 Å². The van der Waals surface area contributed by atoms with Crippen molar-refractivity contribution >= 4 is 10.9 Å². The molecule has 0 saturated heterocycles. The van der Waals surface area contributed by atoms with E-state index in [2.05, 4.69) is 5.10 Å². The molecule has 0 saturated carbocycles. The van der Waals surface area contributed by atoms with Gasteiger partial charge in [0.15, 0.2) is 5.82 Å². The first-order valence-corrected chi connectivity index (χ1v) is 6.89. The highest BCUT2D eigenvalue weighted by Crippen LogP contribution is 2.31. The van der Waals surface area contributed by atoms with Gasteiger partial charge in [-0.15, -0.1) is 0 Å². The van der Waals surface area contributed by atoms with E-state index in [0.717, 1.165) is 11.1 Å². The molecule has 1 heterocycles. The zero-order valence-electron chi connectivity index (χ0n) is 12.2. The number of benzene rings is 2. The number of hydrogen-bond donors (Lipinski definition) is 0. The lowest BCUT2D eigenvalue weighted by atomic mass is 9.96. The average molecular weight is 286 g/mol. The summed E-state index contributed by atoms with van der Waals surface area (Å²) in [6.07, 6.45) is 1.75. The summed E-state index contributed by atoms with van der Waals surface area (Å²) in [7, 11) is 1.74. The maximum absolute atomic E-state index is 14.2. The maximum atomic E-state index is 14.2. The largest absolute Gasteiger partial charge is 0.274 e. The summed E-state index contributed by atoms with van der Waals surface area (Å²) in [6.45, 7) is 3.91. The molecule has 4 heteroatoms. The van der Waals surface area contributed by atoms with Gasteiger partial charge in [-0.25, -0.2) is 8.78 Å². The fraction of sp³-hybridized carbons (Fsp3) is 0.235. The first-order valence-electron chi connectivity index (χ1n) is 6.89. The molecular weight excluding hydrogens is 270 g/mol. The van der Waals surface area contributed by atoms with Crippen LogP contribution in [0.1, 0.15) is 25.3 Å². The summed E-state index contributed by atoms with van der Waals surface area (Å²) in [5.74, 6) is -0.469. The topological polar surface area (TPSA) is 17.8 Å². The molecule has 108 valence electrons. The van der Waals surface area contributed by atoms with Crippen LogP contribution in [-0.4, -0.2) is 9.78 Å². The highest BCUT2D eigenvalue weighted by molar-refractivity contribution is 5.94. The fourth-order valence-electron chi connectivity index (χ4n) is 2.60. The Morgan fingerprint density at radius 3 is 2.48 bits per heavy atom.